The van der Waals surface area contributed by atoms with Gasteiger partial charge in [0.15, 0.2) is 12.2 Å². The fourth-order valence-corrected chi connectivity index (χ4v) is 6.49. The SMILES string of the molecule is CC(C)N(C)C(=O)c1cc(F)ccc1-n1cc(C2CCCN(Cc3ccc4[nH]c(=O)[nH]c4c3)C2)c2ccncc21.O=C(O)[C@@H](O)[C@H](O)[C@H](O)[C@@H](O)C(=O)O. The molecule has 0 aliphatic carbocycles. The molecule has 5 aromatic rings. The molecular formula is C37H43FN6O10. The number of hydrogen-bond donors (Lipinski definition) is 8. The molecule has 0 spiro atoms. The number of carboxylic acids is 2. The topological polar surface area (TPSA) is 246 Å². The molecule has 8 N–H and O–H groups in total. The molecule has 1 fully saturated rings. The van der Waals surface area contributed by atoms with Crippen LogP contribution < -0.4 is 5.69 Å². The first-order valence-corrected chi connectivity index (χ1v) is 17.2. The number of piperidine rings is 1. The monoisotopic (exact) mass is 750 g/mol. The third-order valence-corrected chi connectivity index (χ3v) is 9.62. The summed E-state index contributed by atoms with van der Waals surface area (Å²) in [7, 11) is 1.74. The summed E-state index contributed by atoms with van der Waals surface area (Å²) >= 11 is 0. The fraction of sp³-hybridized carbons (Fsp3) is 0.378. The van der Waals surface area contributed by atoms with Gasteiger partial charge in [-0.05, 0) is 86.7 Å². The molecule has 0 saturated carbocycles. The average Bonchev–Trinajstić information content (AvgIpc) is 3.72. The molecule has 54 heavy (non-hydrogen) atoms. The number of carbonyl (C=O) groups excluding carboxylic acids is 1. The van der Waals surface area contributed by atoms with Gasteiger partial charge in [-0.2, -0.15) is 0 Å². The minimum Gasteiger partial charge on any atom is -0.479 e. The van der Waals surface area contributed by atoms with Crippen LogP contribution in [-0.2, 0) is 16.1 Å². The van der Waals surface area contributed by atoms with E-state index in [1.807, 2.05) is 42.8 Å². The normalized spacial score (nSPS) is 17.1. The van der Waals surface area contributed by atoms with Crippen molar-refractivity contribution in [2.75, 3.05) is 20.1 Å². The molecule has 5 atom stereocenters. The number of fused-ring (bicyclic) bond motifs is 2. The zero-order chi connectivity index (χ0) is 39.4. The second-order valence-electron chi connectivity index (χ2n) is 13.6. The van der Waals surface area contributed by atoms with Crippen LogP contribution in [0.5, 0.6) is 0 Å². The van der Waals surface area contributed by atoms with Crippen molar-refractivity contribution in [3.63, 3.8) is 0 Å². The Kier molecular flexibility index (Phi) is 12.3. The number of amides is 1. The molecule has 1 saturated heterocycles. The van der Waals surface area contributed by atoms with Gasteiger partial charge in [0.2, 0.25) is 0 Å². The highest BCUT2D eigenvalue weighted by molar-refractivity contribution is 5.99. The van der Waals surface area contributed by atoms with Gasteiger partial charge in [-0.15, -0.1) is 0 Å². The van der Waals surface area contributed by atoms with Crippen LogP contribution in [0.25, 0.3) is 27.6 Å². The number of aliphatic carboxylic acids is 2. The lowest BCUT2D eigenvalue weighted by Gasteiger charge is -2.32. The first-order valence-electron chi connectivity index (χ1n) is 17.2. The summed E-state index contributed by atoms with van der Waals surface area (Å²) in [5, 5.41) is 52.5. The second kappa shape index (κ2) is 16.7. The number of pyridine rings is 1. The second-order valence-corrected chi connectivity index (χ2v) is 13.6. The van der Waals surface area contributed by atoms with Crippen LogP contribution in [-0.4, -0.2) is 128 Å². The van der Waals surface area contributed by atoms with Gasteiger partial charge in [-0.3, -0.25) is 14.7 Å². The van der Waals surface area contributed by atoms with E-state index < -0.39 is 42.2 Å². The molecule has 1 unspecified atom stereocenters. The van der Waals surface area contributed by atoms with E-state index in [9.17, 15) is 23.6 Å². The Morgan fingerprint density at radius 1 is 0.963 bits per heavy atom. The number of H-pyrrole nitrogens is 2. The Bertz CT molecular complexity index is 2170. The van der Waals surface area contributed by atoms with E-state index >= 15 is 0 Å². The zero-order valence-electron chi connectivity index (χ0n) is 29.8. The highest BCUT2D eigenvalue weighted by Gasteiger charge is 2.37. The first kappa shape index (κ1) is 39.7. The molecule has 1 aliphatic heterocycles. The van der Waals surface area contributed by atoms with Crippen molar-refractivity contribution in [1.82, 2.24) is 29.3 Å². The molecular weight excluding hydrogens is 707 g/mol. The fourth-order valence-electron chi connectivity index (χ4n) is 6.49. The molecule has 6 rings (SSSR count). The number of likely N-dealkylation sites (tertiary alicyclic amines) is 1. The van der Waals surface area contributed by atoms with E-state index in [-0.39, 0.29) is 23.6 Å². The maximum atomic E-state index is 14.4. The van der Waals surface area contributed by atoms with Crippen LogP contribution in [0.3, 0.4) is 0 Å². The van der Waals surface area contributed by atoms with Crippen molar-refractivity contribution >= 4 is 39.8 Å². The predicted molar refractivity (Wildman–Crippen MR) is 194 cm³/mol. The van der Waals surface area contributed by atoms with E-state index in [1.54, 1.807) is 24.2 Å². The Morgan fingerprint density at radius 3 is 2.28 bits per heavy atom. The van der Waals surface area contributed by atoms with Crippen molar-refractivity contribution in [1.29, 1.82) is 0 Å². The molecule has 0 radical (unpaired) electrons. The number of carbonyl (C=O) groups is 3. The van der Waals surface area contributed by atoms with E-state index in [1.165, 1.54) is 17.7 Å². The standard InChI is InChI=1S/C31H33FN6O2.C6H10O8/c1-19(2)36(3)30(39)24-14-22(32)7-9-28(24)38-18-25(23-10-11-33-15-29(23)38)21-5-4-12-37(17-21)16-20-6-8-26-27(13-20)35-31(40)34-26;7-1(3(9)5(11)12)2(8)4(10)6(13)14/h6-11,13-15,18-19,21H,4-5,12,16-17H2,1-3H3,(H2,34,35,40);1-4,7-10H,(H,11,12)(H,13,14)/t;1-,2+,3+,4-. The number of rotatable bonds is 11. The molecule has 288 valence electrons. The van der Waals surface area contributed by atoms with Gasteiger partial charge < -0.3 is 50.1 Å². The number of nitrogens with one attached hydrogen (secondary N) is 2. The summed E-state index contributed by atoms with van der Waals surface area (Å²) in [6, 6.07) is 12.5. The predicted octanol–water partition coefficient (Wildman–Crippen LogP) is 1.79. The summed E-state index contributed by atoms with van der Waals surface area (Å²) in [4.78, 5) is 59.3. The first-order chi connectivity index (χ1) is 25.6. The van der Waals surface area contributed by atoms with Gasteiger partial charge in [-0.1, -0.05) is 6.07 Å². The van der Waals surface area contributed by atoms with Crippen LogP contribution in [0.2, 0.25) is 0 Å². The number of aromatic nitrogens is 4. The highest BCUT2D eigenvalue weighted by Crippen LogP contribution is 2.36. The molecule has 17 heteroatoms. The van der Waals surface area contributed by atoms with Crippen LogP contribution in [0.15, 0.2) is 65.8 Å². The van der Waals surface area contributed by atoms with E-state index in [2.05, 4.69) is 32.1 Å². The molecule has 4 heterocycles. The maximum absolute atomic E-state index is 14.4. The number of hydrogen-bond acceptors (Lipinski definition) is 10. The van der Waals surface area contributed by atoms with Crippen LogP contribution in [0, 0.1) is 5.82 Å². The largest absolute Gasteiger partial charge is 0.479 e. The van der Waals surface area contributed by atoms with Gasteiger partial charge in [0.25, 0.3) is 5.91 Å². The molecule has 16 nitrogen and oxygen atoms in total. The van der Waals surface area contributed by atoms with Crippen LogP contribution >= 0.6 is 0 Å². The summed E-state index contributed by atoms with van der Waals surface area (Å²) < 4.78 is 16.4. The molecule has 2 aromatic carbocycles. The number of carboxylic acid groups (broad SMARTS) is 2. The van der Waals surface area contributed by atoms with Gasteiger partial charge in [0, 0.05) is 44.0 Å². The number of aliphatic hydroxyl groups excluding tert-OH is 4. The Morgan fingerprint density at radius 2 is 1.63 bits per heavy atom. The lowest BCUT2D eigenvalue weighted by Crippen LogP contribution is -2.49. The van der Waals surface area contributed by atoms with Crippen LogP contribution in [0.4, 0.5) is 4.39 Å². The summed E-state index contributed by atoms with van der Waals surface area (Å²) in [5.41, 5.74) is 5.65. The van der Waals surface area contributed by atoms with Gasteiger partial charge in [0.05, 0.1) is 34.0 Å². The molecule has 3 aromatic heterocycles. The number of imidazole rings is 1. The van der Waals surface area contributed by atoms with E-state index in [0.29, 0.717) is 11.3 Å². The van der Waals surface area contributed by atoms with Gasteiger partial charge in [0.1, 0.15) is 18.0 Å². The van der Waals surface area contributed by atoms with Gasteiger partial charge in [-0.25, -0.2) is 18.8 Å². The summed E-state index contributed by atoms with van der Waals surface area (Å²) in [5.74, 6) is -4.05. The van der Waals surface area contributed by atoms with Crippen molar-refractivity contribution in [3.8, 4) is 5.69 Å². The van der Waals surface area contributed by atoms with E-state index in [4.69, 9.17) is 30.6 Å². The summed E-state index contributed by atoms with van der Waals surface area (Å²) in [6.07, 6.45) is -1.45. The number of aromatic amines is 2. The maximum Gasteiger partial charge on any atom is 0.335 e. The number of nitrogens with zero attached hydrogens (tertiary/aromatic N) is 4. The lowest BCUT2D eigenvalue weighted by atomic mass is 9.90. The quantitative estimate of drug-likeness (QED) is 0.0964. The molecule has 1 amide bonds. The number of halogens is 1. The third-order valence-electron chi connectivity index (χ3n) is 9.62. The summed E-state index contributed by atoms with van der Waals surface area (Å²) in [6.45, 7) is 6.55. The van der Waals surface area contributed by atoms with Crippen LogP contribution in [0.1, 0.15) is 54.1 Å². The van der Waals surface area contributed by atoms with Crippen molar-refractivity contribution in [2.24, 2.45) is 0 Å². The number of aliphatic hydroxyl groups is 4. The minimum absolute atomic E-state index is 0.0197. The van der Waals surface area contributed by atoms with E-state index in [0.717, 1.165) is 60.0 Å². The minimum atomic E-state index is -2.36. The van der Waals surface area contributed by atoms with Crippen molar-refractivity contribution < 1.29 is 49.4 Å². The Hall–Kier alpha value is -5.46. The smallest absolute Gasteiger partial charge is 0.335 e. The van der Waals surface area contributed by atoms with Crippen molar-refractivity contribution in [3.05, 3.63) is 94.0 Å². The number of benzene rings is 2. The Labute approximate surface area is 307 Å². The highest BCUT2D eigenvalue weighted by atomic mass is 19.1. The average molecular weight is 751 g/mol. The van der Waals surface area contributed by atoms with Crippen molar-refractivity contribution in [2.45, 2.75) is 69.6 Å². The molecule has 0 bridgehead atoms. The molecule has 1 aliphatic rings. The zero-order valence-corrected chi connectivity index (χ0v) is 29.8. The van der Waals surface area contributed by atoms with Gasteiger partial charge >= 0.3 is 17.6 Å². The third kappa shape index (κ3) is 8.67. The lowest BCUT2D eigenvalue weighted by molar-refractivity contribution is -0.172. The Balaban J connectivity index is 0.000000342.